The Morgan fingerprint density at radius 3 is 2.33 bits per heavy atom. The van der Waals surface area contributed by atoms with Gasteiger partial charge in [-0.2, -0.15) is 5.26 Å². The summed E-state index contributed by atoms with van der Waals surface area (Å²) in [6, 6.07) is 2.15. The first-order valence-corrected chi connectivity index (χ1v) is 6.44. The van der Waals surface area contributed by atoms with Crippen LogP contribution in [-0.2, 0) is 9.05 Å². The molecule has 0 aromatic heterocycles. The van der Waals surface area contributed by atoms with Crippen LogP contribution in [0.5, 0.6) is 0 Å². The number of alkyl halides is 2. The number of nitro benzene ring substituents is 1. The van der Waals surface area contributed by atoms with Gasteiger partial charge < -0.3 is 0 Å². The standard InChI is InChI=1S/C8H3ClF2N2O4S/c9-18(16,17)7-2-4(8(10)11)1-6(13(14)15)5(7)3-12/h1-2,8H. The van der Waals surface area contributed by atoms with Gasteiger partial charge in [-0.3, -0.25) is 10.1 Å². The number of rotatable bonds is 3. The Labute approximate surface area is 104 Å². The van der Waals surface area contributed by atoms with Crippen LogP contribution in [0.1, 0.15) is 17.6 Å². The lowest BCUT2D eigenvalue weighted by Crippen LogP contribution is -2.03. The molecule has 0 heterocycles. The molecule has 0 unspecified atom stereocenters. The van der Waals surface area contributed by atoms with Gasteiger partial charge in [0.25, 0.3) is 21.2 Å². The second-order valence-electron chi connectivity index (χ2n) is 3.02. The quantitative estimate of drug-likeness (QED) is 0.484. The van der Waals surface area contributed by atoms with Crippen molar-refractivity contribution < 1.29 is 22.1 Å². The molecule has 0 aliphatic heterocycles. The first kappa shape index (κ1) is 14.3. The van der Waals surface area contributed by atoms with Crippen LogP contribution in [-0.4, -0.2) is 13.3 Å². The van der Waals surface area contributed by atoms with E-state index >= 15 is 0 Å². The van der Waals surface area contributed by atoms with E-state index in [-0.39, 0.29) is 0 Å². The minimum absolute atomic E-state index is 0.439. The number of nitriles is 1. The van der Waals surface area contributed by atoms with Crippen molar-refractivity contribution in [2.24, 2.45) is 0 Å². The predicted molar refractivity (Wildman–Crippen MR) is 55.8 cm³/mol. The topological polar surface area (TPSA) is 101 Å². The number of hydrogen-bond donors (Lipinski definition) is 0. The van der Waals surface area contributed by atoms with Crippen LogP contribution in [0.15, 0.2) is 17.0 Å². The van der Waals surface area contributed by atoms with Gasteiger partial charge >= 0.3 is 0 Å². The van der Waals surface area contributed by atoms with Crippen LogP contribution >= 0.6 is 10.7 Å². The Balaban J connectivity index is 3.80. The SMILES string of the molecule is N#Cc1c([N+](=O)[O-])cc(C(F)F)cc1S(=O)(=O)Cl. The van der Waals surface area contributed by atoms with Crippen molar-refractivity contribution in [1.82, 2.24) is 0 Å². The minimum Gasteiger partial charge on any atom is -0.258 e. The molecule has 0 fully saturated rings. The molecular weight excluding hydrogens is 294 g/mol. The lowest BCUT2D eigenvalue weighted by Gasteiger charge is -2.05. The molecule has 0 bridgehead atoms. The third-order valence-electron chi connectivity index (χ3n) is 1.93. The van der Waals surface area contributed by atoms with Crippen molar-refractivity contribution in [2.45, 2.75) is 11.3 Å². The van der Waals surface area contributed by atoms with Crippen LogP contribution in [0.4, 0.5) is 14.5 Å². The van der Waals surface area contributed by atoms with Crippen LogP contribution in [0.2, 0.25) is 0 Å². The first-order chi connectivity index (χ1) is 8.18. The van der Waals surface area contributed by atoms with E-state index in [1.165, 1.54) is 6.07 Å². The van der Waals surface area contributed by atoms with Crippen molar-refractivity contribution in [2.75, 3.05) is 0 Å². The molecule has 0 saturated heterocycles. The van der Waals surface area contributed by atoms with Crippen LogP contribution < -0.4 is 0 Å². The highest BCUT2D eigenvalue weighted by Crippen LogP contribution is 2.33. The molecule has 18 heavy (non-hydrogen) atoms. The molecule has 0 spiro atoms. The van der Waals surface area contributed by atoms with Gasteiger partial charge in [-0.1, -0.05) is 0 Å². The van der Waals surface area contributed by atoms with Crippen molar-refractivity contribution in [1.29, 1.82) is 5.26 Å². The van der Waals surface area contributed by atoms with E-state index in [4.69, 9.17) is 15.9 Å². The molecule has 0 aliphatic carbocycles. The Bertz CT molecular complexity index is 654. The second-order valence-corrected chi connectivity index (χ2v) is 5.55. The van der Waals surface area contributed by atoms with Crippen molar-refractivity contribution in [3.05, 3.63) is 33.4 Å². The summed E-state index contributed by atoms with van der Waals surface area (Å²) in [6.45, 7) is 0. The third kappa shape index (κ3) is 2.72. The largest absolute Gasteiger partial charge is 0.288 e. The van der Waals surface area contributed by atoms with E-state index in [1.54, 1.807) is 0 Å². The predicted octanol–water partition coefficient (Wildman–Crippen LogP) is 2.33. The van der Waals surface area contributed by atoms with Gasteiger partial charge in [0, 0.05) is 22.3 Å². The first-order valence-electron chi connectivity index (χ1n) is 4.13. The Morgan fingerprint density at radius 2 is 2.00 bits per heavy atom. The highest BCUT2D eigenvalue weighted by Gasteiger charge is 2.28. The van der Waals surface area contributed by atoms with Crippen molar-refractivity contribution in [3.63, 3.8) is 0 Å². The summed E-state index contributed by atoms with van der Waals surface area (Å²) < 4.78 is 47.2. The summed E-state index contributed by atoms with van der Waals surface area (Å²) >= 11 is 0. The summed E-state index contributed by atoms with van der Waals surface area (Å²) in [5, 5.41) is 19.3. The summed E-state index contributed by atoms with van der Waals surface area (Å²) in [5.41, 5.74) is -2.81. The maximum absolute atomic E-state index is 12.5. The Kier molecular flexibility index (Phi) is 3.83. The number of halogens is 3. The van der Waals surface area contributed by atoms with E-state index < -0.39 is 42.1 Å². The zero-order valence-corrected chi connectivity index (χ0v) is 9.87. The Morgan fingerprint density at radius 1 is 1.44 bits per heavy atom. The number of benzene rings is 1. The molecule has 0 aliphatic rings. The van der Waals surface area contributed by atoms with E-state index in [0.717, 1.165) is 0 Å². The van der Waals surface area contributed by atoms with Crippen molar-refractivity contribution >= 4 is 25.4 Å². The summed E-state index contributed by atoms with van der Waals surface area (Å²) in [4.78, 5) is 8.47. The van der Waals surface area contributed by atoms with Gasteiger partial charge in [0.2, 0.25) is 0 Å². The number of nitrogens with zero attached hydrogens (tertiary/aromatic N) is 2. The lowest BCUT2D eigenvalue weighted by molar-refractivity contribution is -0.385. The fraction of sp³-hybridized carbons (Fsp3) is 0.125. The maximum Gasteiger partial charge on any atom is 0.288 e. The zero-order valence-electron chi connectivity index (χ0n) is 8.30. The normalized spacial score (nSPS) is 11.3. The summed E-state index contributed by atoms with van der Waals surface area (Å²) in [5.74, 6) is 0. The summed E-state index contributed by atoms with van der Waals surface area (Å²) in [6.07, 6.45) is -3.13. The highest BCUT2D eigenvalue weighted by atomic mass is 35.7. The number of nitro groups is 1. The molecule has 10 heteroatoms. The minimum atomic E-state index is -4.55. The van der Waals surface area contributed by atoms with Gasteiger partial charge in [0.1, 0.15) is 16.5 Å². The Hall–Kier alpha value is -1.79. The molecule has 6 nitrogen and oxygen atoms in total. The molecule has 0 saturated carbocycles. The van der Waals surface area contributed by atoms with Crippen LogP contribution in [0.3, 0.4) is 0 Å². The maximum atomic E-state index is 12.5. The van der Waals surface area contributed by atoms with Crippen molar-refractivity contribution in [3.8, 4) is 6.07 Å². The van der Waals surface area contributed by atoms with Gasteiger partial charge in [-0.25, -0.2) is 17.2 Å². The smallest absolute Gasteiger partial charge is 0.258 e. The summed E-state index contributed by atoms with van der Waals surface area (Å²) in [7, 11) is 0.404. The molecule has 1 rings (SSSR count). The van der Waals surface area contributed by atoms with Gasteiger partial charge in [0.05, 0.1) is 4.92 Å². The number of hydrogen-bond acceptors (Lipinski definition) is 5. The fourth-order valence-corrected chi connectivity index (χ4v) is 2.23. The second kappa shape index (κ2) is 4.83. The highest BCUT2D eigenvalue weighted by molar-refractivity contribution is 8.13. The van der Waals surface area contributed by atoms with Gasteiger partial charge in [0.15, 0.2) is 0 Å². The van der Waals surface area contributed by atoms with E-state index in [1.807, 2.05) is 0 Å². The van der Waals surface area contributed by atoms with Crippen LogP contribution in [0, 0.1) is 21.4 Å². The fourth-order valence-electron chi connectivity index (χ4n) is 1.20. The average molecular weight is 297 g/mol. The molecule has 1 aromatic carbocycles. The van der Waals surface area contributed by atoms with E-state index in [0.29, 0.717) is 12.1 Å². The molecule has 0 N–H and O–H groups in total. The third-order valence-corrected chi connectivity index (χ3v) is 3.27. The zero-order chi connectivity index (χ0) is 14.1. The van der Waals surface area contributed by atoms with E-state index in [9.17, 15) is 27.3 Å². The molecule has 1 aromatic rings. The molecule has 0 amide bonds. The monoisotopic (exact) mass is 296 g/mol. The lowest BCUT2D eigenvalue weighted by atomic mass is 10.1. The van der Waals surface area contributed by atoms with E-state index in [2.05, 4.69) is 0 Å². The average Bonchev–Trinajstić information content (AvgIpc) is 2.25. The van der Waals surface area contributed by atoms with Gasteiger partial charge in [-0.15, -0.1) is 0 Å². The molecule has 0 atom stereocenters. The molecule has 96 valence electrons. The van der Waals surface area contributed by atoms with Crippen LogP contribution in [0.25, 0.3) is 0 Å². The van der Waals surface area contributed by atoms with Gasteiger partial charge in [-0.05, 0) is 6.07 Å². The molecule has 0 radical (unpaired) electrons. The molecular formula is C8H3ClF2N2O4S.